The number of sulfone groups is 1. The van der Waals surface area contributed by atoms with Gasteiger partial charge in [0.1, 0.15) is 22.3 Å². The first kappa shape index (κ1) is 17.5. The molecule has 2 aromatic carbocycles. The van der Waals surface area contributed by atoms with Gasteiger partial charge in [0.25, 0.3) is 0 Å². The monoisotopic (exact) mass is 364 g/mol. The van der Waals surface area contributed by atoms with Crippen LogP contribution in [-0.2, 0) is 9.84 Å². The van der Waals surface area contributed by atoms with E-state index in [2.05, 4.69) is 0 Å². The summed E-state index contributed by atoms with van der Waals surface area (Å²) in [5.41, 5.74) is 2.00. The van der Waals surface area contributed by atoms with Gasteiger partial charge in [-0.2, -0.15) is 0 Å². The highest BCUT2D eigenvalue weighted by atomic mass is 32.2. The van der Waals surface area contributed by atoms with Crippen LogP contribution in [0.15, 0.2) is 47.4 Å². The lowest BCUT2D eigenvalue weighted by Crippen LogP contribution is -2.04. The first-order valence-corrected chi connectivity index (χ1v) is 9.44. The maximum atomic E-state index is 14.5. The van der Waals surface area contributed by atoms with Crippen molar-refractivity contribution in [3.8, 4) is 0 Å². The van der Waals surface area contributed by atoms with Crippen LogP contribution in [0.1, 0.15) is 23.1 Å². The molecular formula is C19H15F3O2S. The molecule has 0 aliphatic heterocycles. The molecule has 0 atom stereocenters. The molecule has 0 heterocycles. The maximum Gasteiger partial charge on any atom is 0.178 e. The molecule has 0 aromatic heterocycles. The second-order valence-corrected chi connectivity index (χ2v) is 7.95. The highest BCUT2D eigenvalue weighted by Gasteiger charge is 2.23. The fourth-order valence-corrected chi connectivity index (χ4v) is 3.55. The normalized spacial score (nSPS) is 14.4. The fourth-order valence-electron chi connectivity index (χ4n) is 2.82. The standard InChI is InChI=1S/C19H15F3O2S/c1-11-6-7-12(8-16(11)20)13-4-3-5-14(13)15-9-18(22)19(10-17(15)21)25(2,23)24/h4-10H,3H2,1-2H3. The zero-order chi connectivity index (χ0) is 18.4. The van der Waals surface area contributed by atoms with Crippen molar-refractivity contribution in [2.45, 2.75) is 18.2 Å². The molecule has 0 saturated heterocycles. The van der Waals surface area contributed by atoms with E-state index in [0.29, 0.717) is 34.8 Å². The summed E-state index contributed by atoms with van der Waals surface area (Å²) in [6.45, 7) is 1.64. The maximum absolute atomic E-state index is 14.5. The van der Waals surface area contributed by atoms with Gasteiger partial charge in [-0.25, -0.2) is 21.6 Å². The molecule has 6 heteroatoms. The van der Waals surface area contributed by atoms with Crippen LogP contribution in [0.25, 0.3) is 11.1 Å². The summed E-state index contributed by atoms with van der Waals surface area (Å²) in [6, 6.07) is 6.24. The smallest absolute Gasteiger partial charge is 0.178 e. The van der Waals surface area contributed by atoms with Crippen molar-refractivity contribution in [2.75, 3.05) is 6.26 Å². The molecule has 1 aliphatic rings. The van der Waals surface area contributed by atoms with Gasteiger partial charge < -0.3 is 0 Å². The second-order valence-electron chi connectivity index (χ2n) is 5.97. The number of benzene rings is 2. The Hall–Kier alpha value is -2.34. The van der Waals surface area contributed by atoms with Gasteiger partial charge in [-0.15, -0.1) is 0 Å². The van der Waals surface area contributed by atoms with Crippen LogP contribution >= 0.6 is 0 Å². The highest BCUT2D eigenvalue weighted by Crippen LogP contribution is 2.38. The quantitative estimate of drug-likeness (QED) is 0.792. The Morgan fingerprint density at radius 3 is 2.20 bits per heavy atom. The molecule has 25 heavy (non-hydrogen) atoms. The van der Waals surface area contributed by atoms with E-state index in [9.17, 15) is 21.6 Å². The average Bonchev–Trinajstić information content (AvgIpc) is 3.00. The Kier molecular flexibility index (Phi) is 4.33. The SMILES string of the molecule is Cc1ccc(C2=CCC=C2c2cc(F)c(S(C)(=O)=O)cc2F)cc1F. The van der Waals surface area contributed by atoms with E-state index in [1.165, 1.54) is 6.07 Å². The third kappa shape index (κ3) is 3.26. The fraction of sp³-hybridized carbons (Fsp3) is 0.158. The molecule has 0 bridgehead atoms. The number of hydrogen-bond donors (Lipinski definition) is 0. The van der Waals surface area contributed by atoms with Crippen LogP contribution in [0.5, 0.6) is 0 Å². The van der Waals surface area contributed by atoms with Crippen LogP contribution < -0.4 is 0 Å². The zero-order valence-electron chi connectivity index (χ0n) is 13.6. The molecule has 2 aromatic rings. The van der Waals surface area contributed by atoms with Crippen molar-refractivity contribution < 1.29 is 21.6 Å². The summed E-state index contributed by atoms with van der Waals surface area (Å²) in [4.78, 5) is -0.681. The molecular weight excluding hydrogens is 349 g/mol. The molecule has 0 N–H and O–H groups in total. The summed E-state index contributed by atoms with van der Waals surface area (Å²) in [6.07, 6.45) is 4.81. The number of rotatable bonds is 3. The Balaban J connectivity index is 2.09. The Labute approximate surface area is 144 Å². The van der Waals surface area contributed by atoms with Gasteiger partial charge in [0.05, 0.1) is 0 Å². The summed E-state index contributed by atoms with van der Waals surface area (Å²) in [7, 11) is -3.87. The van der Waals surface area contributed by atoms with Gasteiger partial charge >= 0.3 is 0 Å². The highest BCUT2D eigenvalue weighted by molar-refractivity contribution is 7.90. The lowest BCUT2D eigenvalue weighted by molar-refractivity contribution is 0.554. The van der Waals surface area contributed by atoms with Crippen LogP contribution in [0.3, 0.4) is 0 Å². The molecule has 130 valence electrons. The lowest BCUT2D eigenvalue weighted by Gasteiger charge is -2.13. The minimum atomic E-state index is -3.87. The van der Waals surface area contributed by atoms with Crippen molar-refractivity contribution in [2.24, 2.45) is 0 Å². The van der Waals surface area contributed by atoms with Gasteiger partial charge in [0.2, 0.25) is 0 Å². The van der Waals surface area contributed by atoms with Gasteiger partial charge in [-0.05, 0) is 53.8 Å². The molecule has 0 unspecified atom stereocenters. The van der Waals surface area contributed by atoms with Gasteiger partial charge in [0, 0.05) is 11.8 Å². The first-order valence-electron chi connectivity index (χ1n) is 7.55. The molecule has 3 rings (SSSR count). The van der Waals surface area contributed by atoms with E-state index in [-0.39, 0.29) is 11.4 Å². The number of halogens is 3. The molecule has 1 aliphatic carbocycles. The molecule has 0 fully saturated rings. The average molecular weight is 364 g/mol. The molecule has 0 spiro atoms. The van der Waals surface area contributed by atoms with Gasteiger partial charge in [-0.1, -0.05) is 24.3 Å². The summed E-state index contributed by atoms with van der Waals surface area (Å²) >= 11 is 0. The zero-order valence-corrected chi connectivity index (χ0v) is 14.4. The van der Waals surface area contributed by atoms with Crippen molar-refractivity contribution in [1.29, 1.82) is 0 Å². The second kappa shape index (κ2) is 6.19. The van der Waals surface area contributed by atoms with Gasteiger partial charge in [-0.3, -0.25) is 0 Å². The topological polar surface area (TPSA) is 34.1 Å². The van der Waals surface area contributed by atoms with E-state index in [0.717, 1.165) is 12.3 Å². The lowest BCUT2D eigenvalue weighted by atomic mass is 9.94. The predicted molar refractivity (Wildman–Crippen MR) is 91.2 cm³/mol. The van der Waals surface area contributed by atoms with Crippen LogP contribution in [0.2, 0.25) is 0 Å². The van der Waals surface area contributed by atoms with Crippen molar-refractivity contribution in [1.82, 2.24) is 0 Å². The van der Waals surface area contributed by atoms with E-state index >= 15 is 0 Å². The third-order valence-corrected chi connectivity index (χ3v) is 5.24. The molecule has 0 radical (unpaired) electrons. The minimum absolute atomic E-state index is 0.0466. The van der Waals surface area contributed by atoms with Crippen molar-refractivity contribution in [3.63, 3.8) is 0 Å². The third-order valence-electron chi connectivity index (χ3n) is 4.13. The van der Waals surface area contributed by atoms with Crippen LogP contribution in [0.4, 0.5) is 13.2 Å². The number of allylic oxidation sites excluding steroid dienone is 4. The van der Waals surface area contributed by atoms with E-state index in [1.54, 1.807) is 31.2 Å². The Morgan fingerprint density at radius 1 is 0.880 bits per heavy atom. The van der Waals surface area contributed by atoms with E-state index in [4.69, 9.17) is 0 Å². The Bertz CT molecular complexity index is 1030. The number of hydrogen-bond acceptors (Lipinski definition) is 2. The van der Waals surface area contributed by atoms with Crippen molar-refractivity contribution in [3.05, 3.63) is 76.6 Å². The molecule has 0 saturated carbocycles. The van der Waals surface area contributed by atoms with Crippen molar-refractivity contribution >= 4 is 21.0 Å². The van der Waals surface area contributed by atoms with E-state index in [1.807, 2.05) is 0 Å². The summed E-state index contributed by atoms with van der Waals surface area (Å²) < 4.78 is 65.5. The summed E-state index contributed by atoms with van der Waals surface area (Å²) in [5, 5.41) is 0. The Morgan fingerprint density at radius 2 is 1.56 bits per heavy atom. The van der Waals surface area contributed by atoms with Gasteiger partial charge in [0.15, 0.2) is 9.84 Å². The first-order chi connectivity index (χ1) is 11.7. The summed E-state index contributed by atoms with van der Waals surface area (Å²) in [5.74, 6) is -2.24. The number of aryl methyl sites for hydroxylation is 1. The molecule has 0 amide bonds. The van der Waals surface area contributed by atoms with Crippen LogP contribution in [0, 0.1) is 24.4 Å². The van der Waals surface area contributed by atoms with Crippen LogP contribution in [-0.4, -0.2) is 14.7 Å². The molecule has 2 nitrogen and oxygen atoms in total. The minimum Gasteiger partial charge on any atom is -0.224 e. The largest absolute Gasteiger partial charge is 0.224 e. The van der Waals surface area contributed by atoms with E-state index < -0.39 is 26.4 Å². The predicted octanol–water partition coefficient (Wildman–Crippen LogP) is 4.69.